The van der Waals surface area contributed by atoms with Crippen molar-refractivity contribution in [2.75, 3.05) is 6.54 Å². The van der Waals surface area contributed by atoms with E-state index in [1.54, 1.807) is 18.2 Å². The molecule has 0 unspecified atom stereocenters. The van der Waals surface area contributed by atoms with E-state index >= 15 is 0 Å². The van der Waals surface area contributed by atoms with Crippen LogP contribution < -0.4 is 0 Å². The molecule has 0 saturated carbocycles. The van der Waals surface area contributed by atoms with Crippen LogP contribution in [0.15, 0.2) is 41.1 Å². The molecule has 108 valence electrons. The standard InChI is InChI=1S/C13H14ClNO2S3/c1-3-8-15(9-11-5-6-12(14)19-11)20(16,17)13-7-4-10(2)18-13/h3-7H,1,8-9H2,2H3. The number of aryl methyl sites for hydroxylation is 1. The lowest BCUT2D eigenvalue weighted by molar-refractivity contribution is 0.443. The molecule has 0 N–H and O–H groups in total. The molecule has 3 nitrogen and oxygen atoms in total. The smallest absolute Gasteiger partial charge is 0.206 e. The summed E-state index contributed by atoms with van der Waals surface area (Å²) >= 11 is 8.55. The minimum absolute atomic E-state index is 0.273. The number of nitrogens with zero attached hydrogens (tertiary/aromatic N) is 1. The van der Waals surface area contributed by atoms with E-state index in [1.807, 2.05) is 19.1 Å². The van der Waals surface area contributed by atoms with E-state index in [-0.39, 0.29) is 6.54 Å². The molecule has 0 aliphatic rings. The van der Waals surface area contributed by atoms with Gasteiger partial charge in [0.15, 0.2) is 0 Å². The van der Waals surface area contributed by atoms with Crippen molar-refractivity contribution in [3.05, 3.63) is 51.0 Å². The van der Waals surface area contributed by atoms with Gasteiger partial charge in [0.1, 0.15) is 4.21 Å². The van der Waals surface area contributed by atoms with Crippen LogP contribution in [-0.4, -0.2) is 19.3 Å². The highest BCUT2D eigenvalue weighted by Crippen LogP contribution is 2.28. The molecule has 0 spiro atoms. The van der Waals surface area contributed by atoms with E-state index in [0.29, 0.717) is 15.1 Å². The first-order chi connectivity index (χ1) is 9.43. The Kier molecular flexibility index (Phi) is 5.04. The third-order valence-electron chi connectivity index (χ3n) is 2.60. The van der Waals surface area contributed by atoms with Crippen molar-refractivity contribution in [3.63, 3.8) is 0 Å². The van der Waals surface area contributed by atoms with Crippen molar-refractivity contribution in [3.8, 4) is 0 Å². The molecule has 2 rings (SSSR count). The monoisotopic (exact) mass is 347 g/mol. The fraction of sp³-hybridized carbons (Fsp3) is 0.231. The first-order valence-corrected chi connectivity index (χ1v) is 9.30. The Hall–Kier alpha value is -0.660. The predicted molar refractivity (Wildman–Crippen MR) is 86.2 cm³/mol. The van der Waals surface area contributed by atoms with Crippen molar-refractivity contribution < 1.29 is 8.42 Å². The van der Waals surface area contributed by atoms with Gasteiger partial charge in [-0.2, -0.15) is 4.31 Å². The van der Waals surface area contributed by atoms with Crippen LogP contribution in [0.25, 0.3) is 0 Å². The van der Waals surface area contributed by atoms with E-state index < -0.39 is 10.0 Å². The Morgan fingerprint density at radius 2 is 2.05 bits per heavy atom. The maximum atomic E-state index is 12.6. The number of thiophene rings is 2. The van der Waals surface area contributed by atoms with Crippen LogP contribution in [0.4, 0.5) is 0 Å². The van der Waals surface area contributed by atoms with E-state index in [1.165, 1.54) is 27.0 Å². The molecular weight excluding hydrogens is 334 g/mol. The highest BCUT2D eigenvalue weighted by molar-refractivity contribution is 7.91. The van der Waals surface area contributed by atoms with Crippen LogP contribution >= 0.6 is 34.3 Å². The van der Waals surface area contributed by atoms with Gasteiger partial charge in [-0.1, -0.05) is 17.7 Å². The van der Waals surface area contributed by atoms with Gasteiger partial charge < -0.3 is 0 Å². The second kappa shape index (κ2) is 6.41. The molecule has 2 aromatic rings. The third kappa shape index (κ3) is 3.51. The average Bonchev–Trinajstić information content (AvgIpc) is 2.98. The van der Waals surface area contributed by atoms with Gasteiger partial charge in [-0.15, -0.1) is 29.3 Å². The summed E-state index contributed by atoms with van der Waals surface area (Å²) in [5.41, 5.74) is 0. The Bertz CT molecular complexity index is 703. The summed E-state index contributed by atoms with van der Waals surface area (Å²) in [5.74, 6) is 0. The summed E-state index contributed by atoms with van der Waals surface area (Å²) in [7, 11) is -3.49. The lowest BCUT2D eigenvalue weighted by Gasteiger charge is -2.18. The fourth-order valence-electron chi connectivity index (χ4n) is 1.68. The lowest BCUT2D eigenvalue weighted by Crippen LogP contribution is -2.30. The van der Waals surface area contributed by atoms with E-state index in [2.05, 4.69) is 6.58 Å². The van der Waals surface area contributed by atoms with Crippen LogP contribution in [-0.2, 0) is 16.6 Å². The summed E-state index contributed by atoms with van der Waals surface area (Å²) in [6, 6.07) is 7.08. The molecule has 0 aliphatic carbocycles. The highest BCUT2D eigenvalue weighted by atomic mass is 35.5. The second-order valence-corrected chi connectivity index (χ2v) is 9.41. The number of hydrogen-bond donors (Lipinski definition) is 0. The zero-order valence-corrected chi connectivity index (χ0v) is 14.1. The molecule has 0 amide bonds. The molecule has 0 bridgehead atoms. The summed E-state index contributed by atoms with van der Waals surface area (Å²) < 4.78 is 27.6. The van der Waals surface area contributed by atoms with E-state index in [9.17, 15) is 8.42 Å². The van der Waals surface area contributed by atoms with Gasteiger partial charge in [-0.3, -0.25) is 0 Å². The molecule has 2 aromatic heterocycles. The van der Waals surface area contributed by atoms with E-state index in [4.69, 9.17) is 11.6 Å². The molecule has 0 fully saturated rings. The SMILES string of the molecule is C=CCN(Cc1ccc(Cl)s1)S(=O)(=O)c1ccc(C)s1. The minimum atomic E-state index is -3.49. The molecule has 2 heterocycles. The number of rotatable bonds is 6. The van der Waals surface area contributed by atoms with Gasteiger partial charge in [0.2, 0.25) is 0 Å². The van der Waals surface area contributed by atoms with Crippen LogP contribution in [0.3, 0.4) is 0 Å². The van der Waals surface area contributed by atoms with Gasteiger partial charge in [0.25, 0.3) is 10.0 Å². The second-order valence-electron chi connectivity index (χ2n) is 4.16. The molecular formula is C13H14ClNO2S3. The summed E-state index contributed by atoms with van der Waals surface area (Å²) in [5, 5.41) is 0. The number of sulfonamides is 1. The minimum Gasteiger partial charge on any atom is -0.206 e. The average molecular weight is 348 g/mol. The quantitative estimate of drug-likeness (QED) is 0.736. The number of halogens is 1. The van der Waals surface area contributed by atoms with Crippen LogP contribution in [0.1, 0.15) is 9.75 Å². The normalized spacial score (nSPS) is 11.9. The van der Waals surface area contributed by atoms with Crippen molar-refractivity contribution in [1.82, 2.24) is 4.31 Å². The Labute approximate surface area is 132 Å². The molecule has 20 heavy (non-hydrogen) atoms. The molecule has 0 aromatic carbocycles. The predicted octanol–water partition coefficient (Wildman–Crippen LogP) is 4.15. The first kappa shape index (κ1) is 15.7. The third-order valence-corrected chi connectivity index (χ3v) is 7.10. The molecule has 0 aliphatic heterocycles. The fourth-order valence-corrected chi connectivity index (χ4v) is 5.69. The summed E-state index contributed by atoms with van der Waals surface area (Å²) in [6.07, 6.45) is 1.59. The number of hydrogen-bond acceptors (Lipinski definition) is 4. The van der Waals surface area contributed by atoms with Crippen LogP contribution in [0.2, 0.25) is 4.34 Å². The topological polar surface area (TPSA) is 37.4 Å². The Balaban J connectivity index is 2.30. The van der Waals surface area contributed by atoms with Gasteiger partial charge in [-0.05, 0) is 31.2 Å². The Morgan fingerprint density at radius 1 is 1.30 bits per heavy atom. The first-order valence-electron chi connectivity index (χ1n) is 5.85. The van der Waals surface area contributed by atoms with Gasteiger partial charge in [0.05, 0.1) is 4.34 Å². The van der Waals surface area contributed by atoms with Gasteiger partial charge in [0, 0.05) is 22.8 Å². The van der Waals surface area contributed by atoms with Crippen molar-refractivity contribution in [1.29, 1.82) is 0 Å². The molecule has 0 saturated heterocycles. The van der Waals surface area contributed by atoms with E-state index in [0.717, 1.165) is 9.75 Å². The van der Waals surface area contributed by atoms with Crippen LogP contribution in [0, 0.1) is 6.92 Å². The molecule has 7 heteroatoms. The molecule has 0 atom stereocenters. The maximum absolute atomic E-state index is 12.6. The van der Waals surface area contributed by atoms with Crippen LogP contribution in [0.5, 0.6) is 0 Å². The summed E-state index contributed by atoms with van der Waals surface area (Å²) in [4.78, 5) is 1.88. The highest BCUT2D eigenvalue weighted by Gasteiger charge is 2.25. The largest absolute Gasteiger partial charge is 0.253 e. The Morgan fingerprint density at radius 3 is 2.55 bits per heavy atom. The lowest BCUT2D eigenvalue weighted by atomic mass is 10.4. The molecule has 0 radical (unpaired) electrons. The van der Waals surface area contributed by atoms with Gasteiger partial charge in [-0.25, -0.2) is 8.42 Å². The zero-order chi connectivity index (χ0) is 14.8. The van der Waals surface area contributed by atoms with Crippen molar-refractivity contribution in [2.45, 2.75) is 17.7 Å². The maximum Gasteiger partial charge on any atom is 0.253 e. The van der Waals surface area contributed by atoms with Crippen molar-refractivity contribution >= 4 is 44.3 Å². The van der Waals surface area contributed by atoms with Crippen molar-refractivity contribution in [2.24, 2.45) is 0 Å². The zero-order valence-electron chi connectivity index (χ0n) is 10.9. The van der Waals surface area contributed by atoms with Gasteiger partial charge >= 0.3 is 0 Å². The summed E-state index contributed by atoms with van der Waals surface area (Å²) in [6.45, 7) is 6.10.